The van der Waals surface area contributed by atoms with Gasteiger partial charge in [-0.15, -0.1) is 0 Å². The molecule has 1 N–H and O–H groups in total. The monoisotopic (exact) mass is 442 g/mol. The van der Waals surface area contributed by atoms with Gasteiger partial charge in [0.2, 0.25) is 0 Å². The average molecular weight is 442 g/mol. The minimum absolute atomic E-state index is 0.0342. The van der Waals surface area contributed by atoms with Gasteiger partial charge in [0.1, 0.15) is 11.6 Å². The van der Waals surface area contributed by atoms with Crippen molar-refractivity contribution in [2.75, 3.05) is 6.54 Å². The molecule has 33 heavy (non-hydrogen) atoms. The van der Waals surface area contributed by atoms with Crippen LogP contribution >= 0.6 is 0 Å². The predicted molar refractivity (Wildman–Crippen MR) is 122 cm³/mol. The molecule has 3 heterocycles. The Morgan fingerprint density at radius 1 is 1.00 bits per heavy atom. The molecule has 1 unspecified atom stereocenters. The summed E-state index contributed by atoms with van der Waals surface area (Å²) in [5.41, 5.74) is 2.43. The number of nitrogens with zero attached hydrogens (tertiary/aromatic N) is 3. The van der Waals surface area contributed by atoms with E-state index in [0.717, 1.165) is 18.4 Å². The number of pyridine rings is 1. The summed E-state index contributed by atoms with van der Waals surface area (Å²) in [4.78, 5) is 32.8. The van der Waals surface area contributed by atoms with Gasteiger partial charge in [-0.05, 0) is 54.8 Å². The first-order valence-electron chi connectivity index (χ1n) is 11.0. The summed E-state index contributed by atoms with van der Waals surface area (Å²) in [5.74, 6) is 0.0154. The fourth-order valence-electron chi connectivity index (χ4n) is 4.36. The van der Waals surface area contributed by atoms with Crippen molar-refractivity contribution in [3.63, 3.8) is 0 Å². The highest BCUT2D eigenvalue weighted by molar-refractivity contribution is 5.99. The number of rotatable bonds is 5. The van der Waals surface area contributed by atoms with E-state index in [0.29, 0.717) is 29.1 Å². The summed E-state index contributed by atoms with van der Waals surface area (Å²) in [6.45, 7) is 0.911. The van der Waals surface area contributed by atoms with E-state index >= 15 is 0 Å². The molecule has 0 aliphatic carbocycles. The van der Waals surface area contributed by atoms with Gasteiger partial charge < -0.3 is 14.6 Å². The van der Waals surface area contributed by atoms with Crippen molar-refractivity contribution in [1.82, 2.24) is 19.6 Å². The number of hydrogen-bond donors (Lipinski definition) is 1. The van der Waals surface area contributed by atoms with Gasteiger partial charge in [0.25, 0.3) is 11.8 Å². The maximum absolute atomic E-state index is 13.2. The van der Waals surface area contributed by atoms with Crippen molar-refractivity contribution >= 4 is 17.3 Å². The molecule has 0 saturated carbocycles. The largest absolute Gasteiger partial charge is 0.347 e. The molecule has 2 amide bonds. The highest BCUT2D eigenvalue weighted by Gasteiger charge is 2.34. The van der Waals surface area contributed by atoms with Crippen LogP contribution in [0.5, 0.6) is 0 Å². The zero-order valence-corrected chi connectivity index (χ0v) is 17.9. The lowest BCUT2D eigenvalue weighted by atomic mass is 10.1. The van der Waals surface area contributed by atoms with Crippen LogP contribution in [0.3, 0.4) is 0 Å². The highest BCUT2D eigenvalue weighted by atomic mass is 19.1. The van der Waals surface area contributed by atoms with Gasteiger partial charge >= 0.3 is 0 Å². The predicted octanol–water partition coefficient (Wildman–Crippen LogP) is 4.38. The Bertz CT molecular complexity index is 1300. The Labute approximate surface area is 190 Å². The molecule has 7 heteroatoms. The molecule has 1 fully saturated rings. The normalized spacial score (nSPS) is 15.7. The fourth-order valence-corrected chi connectivity index (χ4v) is 4.36. The van der Waals surface area contributed by atoms with E-state index in [1.165, 1.54) is 12.1 Å². The molecule has 166 valence electrons. The lowest BCUT2D eigenvalue weighted by Crippen LogP contribution is -2.31. The highest BCUT2D eigenvalue weighted by Crippen LogP contribution is 2.33. The van der Waals surface area contributed by atoms with E-state index in [1.54, 1.807) is 12.1 Å². The number of nitrogens with one attached hydrogen (secondary N) is 1. The smallest absolute Gasteiger partial charge is 0.272 e. The molecular formula is C26H23FN4O2. The molecule has 1 aliphatic heterocycles. The van der Waals surface area contributed by atoms with Crippen molar-refractivity contribution in [3.05, 3.63) is 107 Å². The van der Waals surface area contributed by atoms with Crippen molar-refractivity contribution < 1.29 is 14.0 Å². The van der Waals surface area contributed by atoms with E-state index in [-0.39, 0.29) is 30.2 Å². The third-order valence-corrected chi connectivity index (χ3v) is 5.99. The van der Waals surface area contributed by atoms with E-state index in [1.807, 2.05) is 64.0 Å². The summed E-state index contributed by atoms with van der Waals surface area (Å²) in [6, 6.07) is 20.6. The average Bonchev–Trinajstić information content (AvgIpc) is 3.48. The van der Waals surface area contributed by atoms with Crippen LogP contribution in [0.15, 0.2) is 79.0 Å². The fraction of sp³-hybridized carbons (Fsp3) is 0.192. The lowest BCUT2D eigenvalue weighted by molar-refractivity contribution is 0.0729. The van der Waals surface area contributed by atoms with E-state index < -0.39 is 0 Å². The minimum Gasteiger partial charge on any atom is -0.347 e. The Morgan fingerprint density at radius 2 is 1.76 bits per heavy atom. The molecular weight excluding hydrogens is 419 g/mol. The first-order chi connectivity index (χ1) is 16.1. The summed E-state index contributed by atoms with van der Waals surface area (Å²) in [6.07, 6.45) is 3.53. The van der Waals surface area contributed by atoms with Crippen molar-refractivity contribution in [2.24, 2.45) is 0 Å². The van der Waals surface area contributed by atoms with Gasteiger partial charge in [0.05, 0.1) is 11.6 Å². The van der Waals surface area contributed by atoms with Gasteiger partial charge in [0.15, 0.2) is 5.69 Å². The second-order valence-corrected chi connectivity index (χ2v) is 8.11. The number of halogens is 1. The number of aromatic nitrogens is 2. The van der Waals surface area contributed by atoms with Crippen molar-refractivity contribution in [2.45, 2.75) is 25.4 Å². The van der Waals surface area contributed by atoms with Crippen LogP contribution in [-0.2, 0) is 6.54 Å². The molecule has 0 spiro atoms. The Balaban J connectivity index is 1.44. The van der Waals surface area contributed by atoms with Crippen LogP contribution < -0.4 is 5.32 Å². The molecule has 5 rings (SSSR count). The van der Waals surface area contributed by atoms with E-state index in [4.69, 9.17) is 4.98 Å². The third-order valence-electron chi connectivity index (χ3n) is 5.99. The standard InChI is InChI=1S/C26H23FN4O2/c27-20-13-11-18(12-14-20)17-28-25(32)23-21-9-4-5-15-30(21)24(29-23)22-10-6-16-31(22)26(33)19-7-2-1-3-8-19/h1-5,7-9,11-15,22H,6,10,16-17H2,(H,28,32). The maximum atomic E-state index is 13.2. The van der Waals surface area contributed by atoms with Crippen LogP contribution in [0, 0.1) is 5.82 Å². The Kier molecular flexibility index (Phi) is 5.60. The SMILES string of the molecule is O=C(NCc1ccc(F)cc1)c1nc(C2CCCN2C(=O)c2ccccc2)n2ccccc12. The van der Waals surface area contributed by atoms with Gasteiger partial charge in [0, 0.05) is 24.8 Å². The molecule has 1 atom stereocenters. The van der Waals surface area contributed by atoms with Crippen LogP contribution in [0.2, 0.25) is 0 Å². The van der Waals surface area contributed by atoms with Crippen LogP contribution in [-0.4, -0.2) is 32.6 Å². The van der Waals surface area contributed by atoms with Crippen LogP contribution in [0.1, 0.15) is 51.1 Å². The maximum Gasteiger partial charge on any atom is 0.272 e. The zero-order chi connectivity index (χ0) is 22.8. The van der Waals surface area contributed by atoms with Crippen LogP contribution in [0.4, 0.5) is 4.39 Å². The molecule has 2 aromatic carbocycles. The number of amides is 2. The molecule has 6 nitrogen and oxygen atoms in total. The van der Waals surface area contributed by atoms with Gasteiger partial charge in [-0.2, -0.15) is 0 Å². The Morgan fingerprint density at radius 3 is 2.55 bits per heavy atom. The summed E-state index contributed by atoms with van der Waals surface area (Å²) >= 11 is 0. The number of carbonyl (C=O) groups is 2. The minimum atomic E-state index is -0.319. The number of benzene rings is 2. The second kappa shape index (κ2) is 8.86. The zero-order valence-electron chi connectivity index (χ0n) is 17.9. The molecule has 1 saturated heterocycles. The molecule has 2 aromatic heterocycles. The lowest BCUT2D eigenvalue weighted by Gasteiger charge is -2.24. The van der Waals surface area contributed by atoms with Crippen LogP contribution in [0.25, 0.3) is 5.52 Å². The molecule has 0 bridgehead atoms. The summed E-state index contributed by atoms with van der Waals surface area (Å²) in [5, 5.41) is 2.87. The number of hydrogen-bond acceptors (Lipinski definition) is 3. The number of carbonyl (C=O) groups excluding carboxylic acids is 2. The first kappa shape index (κ1) is 20.9. The van der Waals surface area contributed by atoms with E-state index in [2.05, 4.69) is 5.32 Å². The number of imidazole rings is 1. The third kappa shape index (κ3) is 4.09. The number of fused-ring (bicyclic) bond motifs is 1. The Hall–Kier alpha value is -4.00. The molecule has 0 radical (unpaired) electrons. The van der Waals surface area contributed by atoms with E-state index in [9.17, 15) is 14.0 Å². The summed E-state index contributed by atoms with van der Waals surface area (Å²) < 4.78 is 15.0. The molecule has 1 aliphatic rings. The first-order valence-corrected chi connectivity index (χ1v) is 11.0. The van der Waals surface area contributed by atoms with Gasteiger partial charge in [-0.1, -0.05) is 36.4 Å². The van der Waals surface area contributed by atoms with Gasteiger partial charge in [-0.25, -0.2) is 9.37 Å². The van der Waals surface area contributed by atoms with Crippen molar-refractivity contribution in [1.29, 1.82) is 0 Å². The summed E-state index contributed by atoms with van der Waals surface area (Å²) in [7, 11) is 0. The van der Waals surface area contributed by atoms with Crippen molar-refractivity contribution in [3.8, 4) is 0 Å². The molecule has 4 aromatic rings. The topological polar surface area (TPSA) is 66.7 Å². The number of likely N-dealkylation sites (tertiary alicyclic amines) is 1. The second-order valence-electron chi connectivity index (χ2n) is 8.11. The van der Waals surface area contributed by atoms with Gasteiger partial charge in [-0.3, -0.25) is 9.59 Å². The quantitative estimate of drug-likeness (QED) is 0.499.